The molecule has 0 radical (unpaired) electrons. The third-order valence-electron chi connectivity index (χ3n) is 4.38. The number of halogens is 1. The first-order valence-electron chi connectivity index (χ1n) is 8.55. The lowest BCUT2D eigenvalue weighted by atomic mass is 9.89. The molecule has 0 spiro atoms. The highest BCUT2D eigenvalue weighted by Crippen LogP contribution is 2.38. The zero-order valence-electron chi connectivity index (χ0n) is 14.5. The Morgan fingerprint density at radius 1 is 1.08 bits per heavy atom. The average Bonchev–Trinajstić information content (AvgIpc) is 2.58. The van der Waals surface area contributed by atoms with Crippen molar-refractivity contribution in [1.82, 2.24) is 5.32 Å². The standard InChI is InChI=1S/C20H24ClNO2/c1-4-23-15-6-7-16-14(11-15)8-9-22-20(16)17-12-18(21)13(3)10-19(17)24-5-2/h6-7,10-12,20,22H,4-5,8-9H2,1-3H3. The largest absolute Gasteiger partial charge is 0.494 e. The molecule has 0 saturated carbocycles. The highest BCUT2D eigenvalue weighted by Gasteiger charge is 2.25. The van der Waals surface area contributed by atoms with Gasteiger partial charge in [0.15, 0.2) is 0 Å². The molecule has 1 unspecified atom stereocenters. The number of nitrogens with one attached hydrogen (secondary N) is 1. The van der Waals surface area contributed by atoms with Crippen molar-refractivity contribution in [2.45, 2.75) is 33.2 Å². The number of rotatable bonds is 5. The number of hydrogen-bond donors (Lipinski definition) is 1. The van der Waals surface area contributed by atoms with E-state index in [1.165, 1.54) is 11.1 Å². The van der Waals surface area contributed by atoms with Crippen LogP contribution in [0.5, 0.6) is 11.5 Å². The molecule has 2 aromatic rings. The van der Waals surface area contributed by atoms with Gasteiger partial charge in [-0.1, -0.05) is 17.7 Å². The molecular formula is C20H24ClNO2. The van der Waals surface area contributed by atoms with Crippen molar-refractivity contribution in [3.05, 3.63) is 57.6 Å². The fourth-order valence-electron chi connectivity index (χ4n) is 3.25. The van der Waals surface area contributed by atoms with Crippen LogP contribution >= 0.6 is 11.6 Å². The normalized spacial score (nSPS) is 16.6. The lowest BCUT2D eigenvalue weighted by Crippen LogP contribution is -2.31. The third kappa shape index (κ3) is 3.38. The predicted molar refractivity (Wildman–Crippen MR) is 98.5 cm³/mol. The van der Waals surface area contributed by atoms with Crippen LogP contribution in [-0.2, 0) is 6.42 Å². The van der Waals surface area contributed by atoms with E-state index in [2.05, 4.69) is 17.4 Å². The van der Waals surface area contributed by atoms with Crippen molar-refractivity contribution in [3.63, 3.8) is 0 Å². The van der Waals surface area contributed by atoms with Crippen LogP contribution in [0.15, 0.2) is 30.3 Å². The Balaban J connectivity index is 2.04. The molecule has 2 aromatic carbocycles. The van der Waals surface area contributed by atoms with E-state index in [0.29, 0.717) is 13.2 Å². The van der Waals surface area contributed by atoms with Crippen LogP contribution in [0.4, 0.5) is 0 Å². The van der Waals surface area contributed by atoms with Gasteiger partial charge in [0.25, 0.3) is 0 Å². The van der Waals surface area contributed by atoms with Gasteiger partial charge in [-0.25, -0.2) is 0 Å². The Morgan fingerprint density at radius 3 is 2.62 bits per heavy atom. The molecule has 4 heteroatoms. The Bertz CT molecular complexity index is 730. The molecule has 1 atom stereocenters. The van der Waals surface area contributed by atoms with Crippen LogP contribution in [0.2, 0.25) is 5.02 Å². The van der Waals surface area contributed by atoms with Crippen molar-refractivity contribution in [1.29, 1.82) is 0 Å². The Labute approximate surface area is 148 Å². The highest BCUT2D eigenvalue weighted by molar-refractivity contribution is 6.31. The van der Waals surface area contributed by atoms with Crippen LogP contribution in [-0.4, -0.2) is 19.8 Å². The van der Waals surface area contributed by atoms with Gasteiger partial charge in [0.2, 0.25) is 0 Å². The summed E-state index contributed by atoms with van der Waals surface area (Å²) in [4.78, 5) is 0. The molecule has 3 nitrogen and oxygen atoms in total. The molecule has 1 aliphatic rings. The van der Waals surface area contributed by atoms with E-state index < -0.39 is 0 Å². The van der Waals surface area contributed by atoms with Crippen molar-refractivity contribution in [3.8, 4) is 11.5 Å². The molecule has 1 N–H and O–H groups in total. The quantitative estimate of drug-likeness (QED) is 0.853. The molecule has 0 amide bonds. The van der Waals surface area contributed by atoms with Crippen LogP contribution in [0.1, 0.15) is 42.1 Å². The first-order chi connectivity index (χ1) is 11.6. The second kappa shape index (κ2) is 7.45. The van der Waals surface area contributed by atoms with Gasteiger partial charge < -0.3 is 14.8 Å². The minimum absolute atomic E-state index is 0.0871. The summed E-state index contributed by atoms with van der Waals surface area (Å²) in [6.07, 6.45) is 0.996. The lowest BCUT2D eigenvalue weighted by Gasteiger charge is -2.29. The molecule has 0 saturated heterocycles. The third-order valence-corrected chi connectivity index (χ3v) is 4.79. The highest BCUT2D eigenvalue weighted by atomic mass is 35.5. The van der Waals surface area contributed by atoms with Gasteiger partial charge in [0.05, 0.1) is 19.3 Å². The van der Waals surface area contributed by atoms with E-state index in [-0.39, 0.29) is 6.04 Å². The average molecular weight is 346 g/mol. The molecule has 1 aliphatic heterocycles. The molecule has 0 aromatic heterocycles. The lowest BCUT2D eigenvalue weighted by molar-refractivity contribution is 0.332. The molecule has 24 heavy (non-hydrogen) atoms. The minimum atomic E-state index is 0.0871. The van der Waals surface area contributed by atoms with Gasteiger partial charge in [0, 0.05) is 17.1 Å². The van der Waals surface area contributed by atoms with Gasteiger partial charge in [0.1, 0.15) is 11.5 Å². The first kappa shape index (κ1) is 17.1. The Hall–Kier alpha value is -1.71. The Morgan fingerprint density at radius 2 is 1.88 bits per heavy atom. The van der Waals surface area contributed by atoms with Crippen molar-refractivity contribution >= 4 is 11.6 Å². The van der Waals surface area contributed by atoms with Crippen LogP contribution in [0, 0.1) is 6.92 Å². The van der Waals surface area contributed by atoms with E-state index >= 15 is 0 Å². The fraction of sp³-hybridized carbons (Fsp3) is 0.400. The second-order valence-electron chi connectivity index (χ2n) is 6.00. The van der Waals surface area contributed by atoms with E-state index in [9.17, 15) is 0 Å². The monoisotopic (exact) mass is 345 g/mol. The fourth-order valence-corrected chi connectivity index (χ4v) is 3.42. The number of benzene rings is 2. The van der Waals surface area contributed by atoms with Gasteiger partial charge in [-0.3, -0.25) is 0 Å². The van der Waals surface area contributed by atoms with Gasteiger partial charge in [-0.05, 0) is 68.1 Å². The molecule has 0 bridgehead atoms. The summed E-state index contributed by atoms with van der Waals surface area (Å²) >= 11 is 6.40. The second-order valence-corrected chi connectivity index (χ2v) is 6.41. The molecular weight excluding hydrogens is 322 g/mol. The number of fused-ring (bicyclic) bond motifs is 1. The van der Waals surface area contributed by atoms with Crippen LogP contribution in [0.3, 0.4) is 0 Å². The first-order valence-corrected chi connectivity index (χ1v) is 8.93. The van der Waals surface area contributed by atoms with E-state index in [0.717, 1.165) is 40.6 Å². The van der Waals surface area contributed by atoms with Gasteiger partial charge >= 0.3 is 0 Å². The number of hydrogen-bond acceptors (Lipinski definition) is 3. The number of ether oxygens (including phenoxy) is 2. The van der Waals surface area contributed by atoms with Gasteiger partial charge in [-0.2, -0.15) is 0 Å². The molecule has 0 aliphatic carbocycles. The maximum atomic E-state index is 6.40. The van der Waals surface area contributed by atoms with Crippen molar-refractivity contribution in [2.75, 3.05) is 19.8 Å². The smallest absolute Gasteiger partial charge is 0.124 e. The summed E-state index contributed by atoms with van der Waals surface area (Å²) in [6, 6.07) is 10.5. The molecule has 3 rings (SSSR count). The minimum Gasteiger partial charge on any atom is -0.494 e. The molecule has 128 valence electrons. The zero-order chi connectivity index (χ0) is 17.1. The predicted octanol–water partition coefficient (Wildman–Crippen LogP) is 4.68. The van der Waals surface area contributed by atoms with E-state index in [1.54, 1.807) is 0 Å². The summed E-state index contributed by atoms with van der Waals surface area (Å²) in [7, 11) is 0. The zero-order valence-corrected chi connectivity index (χ0v) is 15.2. The molecule has 0 fully saturated rings. The van der Waals surface area contributed by atoms with Crippen molar-refractivity contribution in [2.24, 2.45) is 0 Å². The molecule has 1 heterocycles. The summed E-state index contributed by atoms with van der Waals surface area (Å²) in [5, 5.41) is 4.38. The van der Waals surface area contributed by atoms with Crippen LogP contribution < -0.4 is 14.8 Å². The van der Waals surface area contributed by atoms with Crippen molar-refractivity contribution < 1.29 is 9.47 Å². The van der Waals surface area contributed by atoms with Gasteiger partial charge in [-0.15, -0.1) is 0 Å². The maximum Gasteiger partial charge on any atom is 0.124 e. The number of aryl methyl sites for hydroxylation is 1. The summed E-state index contributed by atoms with van der Waals surface area (Å²) in [6.45, 7) is 8.26. The summed E-state index contributed by atoms with van der Waals surface area (Å²) in [5.74, 6) is 1.84. The topological polar surface area (TPSA) is 30.5 Å². The maximum absolute atomic E-state index is 6.40. The summed E-state index contributed by atoms with van der Waals surface area (Å²) in [5.41, 5.74) is 4.72. The summed E-state index contributed by atoms with van der Waals surface area (Å²) < 4.78 is 11.5. The van der Waals surface area contributed by atoms with E-state index in [1.807, 2.05) is 39.0 Å². The SMILES string of the molecule is CCOc1ccc2c(c1)CCNC2c1cc(Cl)c(C)cc1OCC. The van der Waals surface area contributed by atoms with Crippen LogP contribution in [0.25, 0.3) is 0 Å². The van der Waals surface area contributed by atoms with E-state index in [4.69, 9.17) is 21.1 Å². The Kier molecular flexibility index (Phi) is 5.32.